The van der Waals surface area contributed by atoms with Crippen LogP contribution in [-0.2, 0) is 16.0 Å². The first-order valence-corrected chi connectivity index (χ1v) is 10.5. The molecule has 1 aromatic carbocycles. The van der Waals surface area contributed by atoms with Crippen molar-refractivity contribution in [2.24, 2.45) is 5.92 Å². The zero-order valence-corrected chi connectivity index (χ0v) is 16.9. The predicted molar refractivity (Wildman–Crippen MR) is 106 cm³/mol. The van der Waals surface area contributed by atoms with Crippen molar-refractivity contribution < 1.29 is 14.4 Å². The van der Waals surface area contributed by atoms with Crippen molar-refractivity contribution in [2.75, 3.05) is 13.1 Å². The van der Waals surface area contributed by atoms with Crippen molar-refractivity contribution in [3.63, 3.8) is 0 Å². The van der Waals surface area contributed by atoms with Crippen molar-refractivity contribution >= 4 is 33.8 Å². The fraction of sp³-hybridized carbons (Fsp3) is 0.550. The number of benzene rings is 1. The molecular formula is C20H26BrN3O3. The second kappa shape index (κ2) is 9.35. The van der Waals surface area contributed by atoms with Gasteiger partial charge in [0.25, 0.3) is 0 Å². The van der Waals surface area contributed by atoms with E-state index in [2.05, 4.69) is 26.6 Å². The monoisotopic (exact) mass is 435 g/mol. The van der Waals surface area contributed by atoms with E-state index in [1.165, 1.54) is 10.5 Å². The maximum absolute atomic E-state index is 12.7. The summed E-state index contributed by atoms with van der Waals surface area (Å²) in [5.41, 5.74) is 1.18. The molecule has 0 bridgehead atoms. The van der Waals surface area contributed by atoms with E-state index in [0.29, 0.717) is 24.2 Å². The lowest BCUT2D eigenvalue weighted by Crippen LogP contribution is -2.61. The number of hydrogen-bond donors (Lipinski definition) is 2. The van der Waals surface area contributed by atoms with Crippen LogP contribution < -0.4 is 10.6 Å². The molecule has 7 heteroatoms. The van der Waals surface area contributed by atoms with E-state index < -0.39 is 0 Å². The molecule has 3 unspecified atom stereocenters. The number of fused-ring (bicyclic) bond motifs is 1. The van der Waals surface area contributed by atoms with Gasteiger partial charge in [0.05, 0.1) is 5.92 Å². The minimum atomic E-state index is -0.321. The number of hydrogen-bond acceptors (Lipinski definition) is 3. The second-order valence-corrected chi connectivity index (χ2v) is 8.55. The summed E-state index contributed by atoms with van der Waals surface area (Å²) in [5, 5.41) is 5.85. The molecule has 0 aromatic heterocycles. The number of nitrogens with zero attached hydrogens (tertiary/aromatic N) is 1. The van der Waals surface area contributed by atoms with Crippen LogP contribution in [0.5, 0.6) is 0 Å². The highest BCUT2D eigenvalue weighted by Crippen LogP contribution is 2.33. The van der Waals surface area contributed by atoms with Gasteiger partial charge >= 0.3 is 6.03 Å². The van der Waals surface area contributed by atoms with Crippen molar-refractivity contribution in [3.05, 3.63) is 35.9 Å². The number of halogens is 1. The molecule has 1 saturated carbocycles. The predicted octanol–water partition coefficient (Wildman–Crippen LogP) is 2.61. The molecule has 1 aliphatic carbocycles. The Hall–Kier alpha value is -1.89. The van der Waals surface area contributed by atoms with E-state index in [-0.39, 0.29) is 36.3 Å². The Bertz CT molecular complexity index is 682. The van der Waals surface area contributed by atoms with Gasteiger partial charge in [0.2, 0.25) is 11.8 Å². The summed E-state index contributed by atoms with van der Waals surface area (Å²) in [6, 6.07) is 9.62. The summed E-state index contributed by atoms with van der Waals surface area (Å²) in [6.07, 6.45) is 4.12. The van der Waals surface area contributed by atoms with Crippen LogP contribution in [0.25, 0.3) is 0 Å². The molecule has 1 aromatic rings. The van der Waals surface area contributed by atoms with Crippen LogP contribution in [0.1, 0.15) is 37.7 Å². The average Bonchev–Trinajstić information content (AvgIpc) is 2.66. The number of rotatable bonds is 7. The highest BCUT2D eigenvalue weighted by molar-refractivity contribution is 9.09. The van der Waals surface area contributed by atoms with Gasteiger partial charge in [-0.15, -0.1) is 0 Å². The van der Waals surface area contributed by atoms with Crippen molar-refractivity contribution in [3.8, 4) is 0 Å². The SMILES string of the molecule is O=C(CCCN1C(=O)NC2CCC(Br)CC2C1=O)NCCc1ccccc1. The smallest absolute Gasteiger partial charge is 0.324 e. The maximum Gasteiger partial charge on any atom is 0.324 e. The minimum Gasteiger partial charge on any atom is -0.356 e. The highest BCUT2D eigenvalue weighted by atomic mass is 79.9. The summed E-state index contributed by atoms with van der Waals surface area (Å²) in [7, 11) is 0. The lowest BCUT2D eigenvalue weighted by atomic mass is 9.82. The Morgan fingerprint density at radius 1 is 1.22 bits per heavy atom. The van der Waals surface area contributed by atoms with Gasteiger partial charge in [0.1, 0.15) is 0 Å². The molecule has 2 fully saturated rings. The molecule has 6 nitrogen and oxygen atoms in total. The number of nitrogens with one attached hydrogen (secondary N) is 2. The summed E-state index contributed by atoms with van der Waals surface area (Å²) in [6.45, 7) is 0.870. The normalized spacial score (nSPS) is 24.9. The topological polar surface area (TPSA) is 78.5 Å². The van der Waals surface area contributed by atoms with Crippen LogP contribution in [0.2, 0.25) is 0 Å². The number of urea groups is 1. The fourth-order valence-corrected chi connectivity index (χ4v) is 4.46. The first-order valence-electron chi connectivity index (χ1n) is 9.61. The van der Waals surface area contributed by atoms with Gasteiger partial charge in [0.15, 0.2) is 0 Å². The average molecular weight is 436 g/mol. The van der Waals surface area contributed by atoms with Crippen LogP contribution in [0.4, 0.5) is 4.79 Å². The third-order valence-electron chi connectivity index (χ3n) is 5.29. The molecule has 3 atom stereocenters. The summed E-state index contributed by atoms with van der Waals surface area (Å²) in [5.74, 6) is -0.301. The fourth-order valence-electron chi connectivity index (χ4n) is 3.79. The lowest BCUT2D eigenvalue weighted by molar-refractivity contribution is -0.136. The Morgan fingerprint density at radius 2 is 2.00 bits per heavy atom. The van der Waals surface area contributed by atoms with Crippen molar-refractivity contribution in [1.29, 1.82) is 0 Å². The van der Waals surface area contributed by atoms with E-state index in [1.807, 2.05) is 30.3 Å². The largest absolute Gasteiger partial charge is 0.356 e. The summed E-state index contributed by atoms with van der Waals surface area (Å²) >= 11 is 3.59. The molecule has 1 saturated heterocycles. The maximum atomic E-state index is 12.7. The highest BCUT2D eigenvalue weighted by Gasteiger charge is 2.43. The van der Waals surface area contributed by atoms with Gasteiger partial charge in [-0.3, -0.25) is 14.5 Å². The number of imide groups is 1. The molecule has 3 rings (SSSR count). The summed E-state index contributed by atoms with van der Waals surface area (Å²) < 4.78 is 0. The van der Waals surface area contributed by atoms with Crippen LogP contribution in [0, 0.1) is 5.92 Å². The van der Waals surface area contributed by atoms with Gasteiger partial charge in [-0.1, -0.05) is 46.3 Å². The molecule has 0 spiro atoms. The lowest BCUT2D eigenvalue weighted by Gasteiger charge is -2.41. The first kappa shape index (κ1) is 19.9. The van der Waals surface area contributed by atoms with Crippen LogP contribution in [-0.4, -0.2) is 46.7 Å². The second-order valence-electron chi connectivity index (χ2n) is 7.25. The van der Waals surface area contributed by atoms with E-state index in [9.17, 15) is 14.4 Å². The van der Waals surface area contributed by atoms with E-state index >= 15 is 0 Å². The standard InChI is InChI=1S/C20H26BrN3O3/c21-15-8-9-17-16(13-15)19(26)24(20(27)23-17)12-4-7-18(25)22-11-10-14-5-2-1-3-6-14/h1-3,5-6,15-17H,4,7-13H2,(H,22,25)(H,23,27). The molecule has 4 amide bonds. The first-order chi connectivity index (χ1) is 13.0. The zero-order valence-electron chi connectivity index (χ0n) is 15.3. The Labute approximate surface area is 168 Å². The van der Waals surface area contributed by atoms with E-state index in [0.717, 1.165) is 25.7 Å². The van der Waals surface area contributed by atoms with Crippen molar-refractivity contribution in [1.82, 2.24) is 15.5 Å². The molecule has 1 heterocycles. The zero-order chi connectivity index (χ0) is 19.2. The van der Waals surface area contributed by atoms with E-state index in [1.54, 1.807) is 0 Å². The molecule has 2 aliphatic rings. The Kier molecular flexibility index (Phi) is 6.88. The Morgan fingerprint density at radius 3 is 2.78 bits per heavy atom. The van der Waals surface area contributed by atoms with Crippen LogP contribution >= 0.6 is 15.9 Å². The quantitative estimate of drug-likeness (QED) is 0.646. The van der Waals surface area contributed by atoms with Gasteiger partial charge in [0, 0.05) is 30.4 Å². The third kappa shape index (κ3) is 5.31. The Balaban J connectivity index is 1.39. The molecule has 27 heavy (non-hydrogen) atoms. The van der Waals surface area contributed by atoms with E-state index in [4.69, 9.17) is 0 Å². The van der Waals surface area contributed by atoms with Gasteiger partial charge in [-0.2, -0.15) is 0 Å². The number of amides is 4. The third-order valence-corrected chi connectivity index (χ3v) is 6.12. The minimum absolute atomic E-state index is 0.0451. The number of alkyl halides is 1. The molecule has 146 valence electrons. The molecule has 2 N–H and O–H groups in total. The number of carbonyl (C=O) groups excluding carboxylic acids is 3. The molecular weight excluding hydrogens is 410 g/mol. The van der Waals surface area contributed by atoms with Crippen molar-refractivity contribution in [2.45, 2.75) is 49.4 Å². The van der Waals surface area contributed by atoms with Crippen LogP contribution in [0.3, 0.4) is 0 Å². The number of carbonyl (C=O) groups is 3. The van der Waals surface area contributed by atoms with Gasteiger partial charge < -0.3 is 10.6 Å². The summed E-state index contributed by atoms with van der Waals surface area (Å²) in [4.78, 5) is 38.5. The molecule has 1 aliphatic heterocycles. The molecule has 0 radical (unpaired) electrons. The van der Waals surface area contributed by atoms with Gasteiger partial charge in [-0.25, -0.2) is 4.79 Å². The van der Waals surface area contributed by atoms with Crippen LogP contribution in [0.15, 0.2) is 30.3 Å². The van der Waals surface area contributed by atoms with Gasteiger partial charge in [-0.05, 0) is 37.7 Å².